The van der Waals surface area contributed by atoms with Crippen molar-refractivity contribution in [2.24, 2.45) is 0 Å². The van der Waals surface area contributed by atoms with Crippen LogP contribution in [0.25, 0.3) is 0 Å². The molecule has 3 heteroatoms. The first-order valence-corrected chi connectivity index (χ1v) is 6.93. The van der Waals surface area contributed by atoms with E-state index in [2.05, 4.69) is 37.2 Å². The Balaban J connectivity index is 3.37. The summed E-state index contributed by atoms with van der Waals surface area (Å²) in [6, 6.07) is 0. The molecular weight excluding hydrogens is 156 g/mol. The predicted octanol–water partition coefficient (Wildman–Crippen LogP) is 2.91. The van der Waals surface area contributed by atoms with E-state index < -0.39 is 8.09 Å². The van der Waals surface area contributed by atoms with Crippen molar-refractivity contribution in [1.82, 2.24) is 0 Å². The van der Waals surface area contributed by atoms with Crippen LogP contribution >= 0.6 is 31.4 Å². The highest BCUT2D eigenvalue weighted by Crippen LogP contribution is 2.56. The standard InChI is InChI=1S/C5H14S3/c1-3-5-8(6,7)4-2/h6-7H,3-5H2,1-2H3. The third-order valence-electron chi connectivity index (χ3n) is 0.993. The van der Waals surface area contributed by atoms with Crippen LogP contribution < -0.4 is 0 Å². The molecule has 0 aliphatic carbocycles. The van der Waals surface area contributed by atoms with E-state index >= 15 is 0 Å². The number of thiol groups is 2. The Hall–Kier alpha value is 1.05. The summed E-state index contributed by atoms with van der Waals surface area (Å²) in [6.07, 6.45) is 1.20. The summed E-state index contributed by atoms with van der Waals surface area (Å²) in [6.45, 7) is 4.31. The molecule has 0 heterocycles. The van der Waals surface area contributed by atoms with Crippen molar-refractivity contribution in [3.8, 4) is 0 Å². The molecule has 52 valence electrons. The molecule has 0 fully saturated rings. The maximum absolute atomic E-state index is 4.41. The molecule has 0 saturated heterocycles. The zero-order valence-electron chi connectivity index (χ0n) is 5.42. The first kappa shape index (κ1) is 9.05. The highest BCUT2D eigenvalue weighted by Gasteiger charge is 2.07. The molecule has 0 aliphatic rings. The van der Waals surface area contributed by atoms with E-state index in [0.717, 1.165) is 5.75 Å². The molecule has 0 amide bonds. The van der Waals surface area contributed by atoms with Crippen LogP contribution in [0.5, 0.6) is 0 Å². The van der Waals surface area contributed by atoms with Gasteiger partial charge in [0, 0.05) is 0 Å². The summed E-state index contributed by atoms with van der Waals surface area (Å²) in [5.74, 6) is 2.29. The second kappa shape index (κ2) is 3.96. The van der Waals surface area contributed by atoms with Crippen molar-refractivity contribution in [3.05, 3.63) is 0 Å². The summed E-state index contributed by atoms with van der Waals surface area (Å²) >= 11 is 8.83. The van der Waals surface area contributed by atoms with Crippen LogP contribution in [-0.2, 0) is 0 Å². The van der Waals surface area contributed by atoms with E-state index in [0.29, 0.717) is 0 Å². The monoisotopic (exact) mass is 170 g/mol. The molecule has 0 spiro atoms. The largest absolute Gasteiger partial charge is 0.150 e. The third-order valence-corrected chi connectivity index (χ3v) is 5.62. The maximum Gasteiger partial charge on any atom is -0.00605 e. The quantitative estimate of drug-likeness (QED) is 0.472. The van der Waals surface area contributed by atoms with Gasteiger partial charge in [-0.25, -0.2) is 0 Å². The van der Waals surface area contributed by atoms with E-state index in [-0.39, 0.29) is 0 Å². The molecule has 8 heavy (non-hydrogen) atoms. The van der Waals surface area contributed by atoms with Gasteiger partial charge < -0.3 is 0 Å². The van der Waals surface area contributed by atoms with Crippen molar-refractivity contribution in [2.45, 2.75) is 20.3 Å². The van der Waals surface area contributed by atoms with Crippen molar-refractivity contribution < 1.29 is 0 Å². The van der Waals surface area contributed by atoms with Gasteiger partial charge >= 0.3 is 0 Å². The minimum absolute atomic E-state index is 0.781. The van der Waals surface area contributed by atoms with E-state index in [4.69, 9.17) is 0 Å². The molecule has 0 bridgehead atoms. The average molecular weight is 170 g/mol. The van der Waals surface area contributed by atoms with Gasteiger partial charge in [-0.1, -0.05) is 13.8 Å². The van der Waals surface area contributed by atoms with Gasteiger partial charge in [0.25, 0.3) is 0 Å². The Morgan fingerprint density at radius 1 is 1.25 bits per heavy atom. The molecule has 0 atom stereocenters. The Kier molecular flexibility index (Phi) is 4.48. The summed E-state index contributed by atoms with van der Waals surface area (Å²) < 4.78 is 0. The van der Waals surface area contributed by atoms with Crippen molar-refractivity contribution in [2.75, 3.05) is 11.5 Å². The summed E-state index contributed by atoms with van der Waals surface area (Å²) in [5.41, 5.74) is 0. The Morgan fingerprint density at radius 3 is 1.88 bits per heavy atom. The zero-order chi connectivity index (χ0) is 6.62. The van der Waals surface area contributed by atoms with Crippen molar-refractivity contribution >= 4 is 31.4 Å². The summed E-state index contributed by atoms with van der Waals surface area (Å²) in [5, 5.41) is 0. The van der Waals surface area contributed by atoms with E-state index in [1.165, 1.54) is 12.2 Å². The van der Waals surface area contributed by atoms with Crippen molar-refractivity contribution in [3.63, 3.8) is 0 Å². The smallest absolute Gasteiger partial charge is 0.00605 e. The molecule has 0 N–H and O–H groups in total. The van der Waals surface area contributed by atoms with Gasteiger partial charge in [-0.05, 0) is 17.9 Å². The highest BCUT2D eigenvalue weighted by molar-refractivity contribution is 9.17. The van der Waals surface area contributed by atoms with Crippen LogP contribution in [0.3, 0.4) is 0 Å². The molecule has 0 rings (SSSR count). The lowest BCUT2D eigenvalue weighted by molar-refractivity contribution is 1.10. The van der Waals surface area contributed by atoms with Gasteiger partial charge in [0.2, 0.25) is 0 Å². The maximum atomic E-state index is 4.41. The molecule has 0 unspecified atom stereocenters. The first-order valence-electron chi connectivity index (χ1n) is 2.86. The lowest BCUT2D eigenvalue weighted by Crippen LogP contribution is -1.90. The minimum atomic E-state index is -0.781. The summed E-state index contributed by atoms with van der Waals surface area (Å²) in [4.78, 5) is 0. The molecule has 0 aliphatic heterocycles. The molecule has 0 nitrogen and oxygen atoms in total. The second-order valence-electron chi connectivity index (χ2n) is 1.79. The first-order chi connectivity index (χ1) is 3.62. The van der Waals surface area contributed by atoms with E-state index in [1.54, 1.807) is 0 Å². The van der Waals surface area contributed by atoms with Gasteiger partial charge in [-0.2, -0.15) is 0 Å². The third kappa shape index (κ3) is 3.98. The molecule has 0 aromatic heterocycles. The number of hydrogen-bond acceptors (Lipinski definition) is 2. The minimum Gasteiger partial charge on any atom is -0.150 e. The van der Waals surface area contributed by atoms with E-state index in [9.17, 15) is 0 Å². The molecule has 0 radical (unpaired) electrons. The van der Waals surface area contributed by atoms with Crippen LogP contribution in [0.15, 0.2) is 0 Å². The van der Waals surface area contributed by atoms with Crippen molar-refractivity contribution in [1.29, 1.82) is 0 Å². The fraction of sp³-hybridized carbons (Fsp3) is 1.00. The second-order valence-corrected chi connectivity index (χ2v) is 9.44. The molecule has 0 aromatic rings. The predicted molar refractivity (Wildman–Crippen MR) is 51.3 cm³/mol. The number of rotatable bonds is 3. The Labute approximate surface area is 63.4 Å². The van der Waals surface area contributed by atoms with Crippen LogP contribution in [0.4, 0.5) is 0 Å². The van der Waals surface area contributed by atoms with Gasteiger partial charge in [0.15, 0.2) is 0 Å². The molecule has 0 saturated carbocycles. The SMILES string of the molecule is CCCS(S)(S)CC. The molecule has 0 aromatic carbocycles. The normalized spacial score (nSPS) is 14.0. The van der Waals surface area contributed by atoms with Gasteiger partial charge in [0.1, 0.15) is 0 Å². The van der Waals surface area contributed by atoms with Crippen LogP contribution in [-0.4, -0.2) is 11.5 Å². The fourth-order valence-corrected chi connectivity index (χ4v) is 2.51. The summed E-state index contributed by atoms with van der Waals surface area (Å²) in [7, 11) is -0.781. The van der Waals surface area contributed by atoms with Gasteiger partial charge in [-0.15, -0.1) is 31.4 Å². The zero-order valence-corrected chi connectivity index (χ0v) is 8.03. The highest BCUT2D eigenvalue weighted by atomic mass is 33.5. The van der Waals surface area contributed by atoms with Crippen LogP contribution in [0, 0.1) is 0 Å². The van der Waals surface area contributed by atoms with Crippen LogP contribution in [0.1, 0.15) is 20.3 Å². The topological polar surface area (TPSA) is 0 Å². The Bertz CT molecular complexity index is 60.7. The van der Waals surface area contributed by atoms with E-state index in [1.807, 2.05) is 0 Å². The number of hydrogen-bond donors (Lipinski definition) is 2. The molecular formula is C5H14S3. The van der Waals surface area contributed by atoms with Gasteiger partial charge in [-0.3, -0.25) is 0 Å². The average Bonchev–Trinajstić information content (AvgIpc) is 1.67. The lowest BCUT2D eigenvalue weighted by atomic mass is 10.6. The van der Waals surface area contributed by atoms with Gasteiger partial charge in [0.05, 0.1) is 0 Å². The lowest BCUT2D eigenvalue weighted by Gasteiger charge is -2.25. The Morgan fingerprint density at radius 2 is 1.75 bits per heavy atom. The van der Waals surface area contributed by atoms with Crippen LogP contribution in [0.2, 0.25) is 0 Å². The fourth-order valence-electron chi connectivity index (χ4n) is 0.471.